The third kappa shape index (κ3) is 5.36. The molecule has 1 fully saturated rings. The van der Waals surface area contributed by atoms with E-state index in [-0.39, 0.29) is 0 Å². The minimum Gasteiger partial charge on any atom is -0.365 e. The number of hydrogen-bond acceptors (Lipinski definition) is 1. The van der Waals surface area contributed by atoms with Gasteiger partial charge in [-0.25, -0.2) is 0 Å². The fraction of sp³-hybridized carbons (Fsp3) is 0.667. The first-order valence-corrected chi connectivity index (χ1v) is 8.12. The standard InChI is InChI=1S/C18H28O/c1-2-3-4-5-6-7-8-12-15-17-18(19-17)16-13-10-9-11-14-16/h9-11,13-14,17-18H,2-8,12,15H2,1H3/t17-,18-/m0/s1. The Balaban J connectivity index is 1.45. The van der Waals surface area contributed by atoms with Crippen molar-refractivity contribution in [1.82, 2.24) is 0 Å². The molecule has 1 aliphatic heterocycles. The van der Waals surface area contributed by atoms with Crippen LogP contribution in [0.3, 0.4) is 0 Å². The van der Waals surface area contributed by atoms with Crippen LogP contribution in [-0.2, 0) is 4.74 Å². The molecule has 1 saturated heterocycles. The van der Waals surface area contributed by atoms with Crippen molar-refractivity contribution < 1.29 is 4.74 Å². The summed E-state index contributed by atoms with van der Waals surface area (Å²) in [5.41, 5.74) is 1.35. The molecule has 2 rings (SSSR count). The average Bonchev–Trinajstić information content (AvgIpc) is 3.22. The molecule has 0 bridgehead atoms. The zero-order valence-corrected chi connectivity index (χ0v) is 12.3. The van der Waals surface area contributed by atoms with Crippen LogP contribution in [-0.4, -0.2) is 6.10 Å². The van der Waals surface area contributed by atoms with E-state index >= 15 is 0 Å². The van der Waals surface area contributed by atoms with E-state index in [1.54, 1.807) is 0 Å². The molecule has 0 aliphatic carbocycles. The van der Waals surface area contributed by atoms with Crippen molar-refractivity contribution in [1.29, 1.82) is 0 Å². The quantitative estimate of drug-likeness (QED) is 0.391. The van der Waals surface area contributed by atoms with Gasteiger partial charge < -0.3 is 4.74 Å². The second-order valence-corrected chi connectivity index (χ2v) is 5.77. The number of rotatable bonds is 10. The van der Waals surface area contributed by atoms with Crippen LogP contribution >= 0.6 is 0 Å². The van der Waals surface area contributed by atoms with Crippen molar-refractivity contribution in [3.8, 4) is 0 Å². The molecule has 0 N–H and O–H groups in total. The van der Waals surface area contributed by atoms with Gasteiger partial charge in [-0.1, -0.05) is 88.6 Å². The van der Waals surface area contributed by atoms with Crippen LogP contribution in [0.5, 0.6) is 0 Å². The summed E-state index contributed by atoms with van der Waals surface area (Å²) in [5.74, 6) is 0. The Morgan fingerprint density at radius 3 is 2.16 bits per heavy atom. The van der Waals surface area contributed by atoms with Crippen LogP contribution in [0.2, 0.25) is 0 Å². The highest BCUT2D eigenvalue weighted by Crippen LogP contribution is 2.41. The SMILES string of the molecule is CCCCCCCCCC[C@@H]1O[C@H]1c1ccccc1. The highest BCUT2D eigenvalue weighted by molar-refractivity contribution is 5.22. The minimum atomic E-state index is 0.394. The van der Waals surface area contributed by atoms with Crippen molar-refractivity contribution >= 4 is 0 Å². The van der Waals surface area contributed by atoms with E-state index in [0.717, 1.165) is 0 Å². The molecule has 2 atom stereocenters. The van der Waals surface area contributed by atoms with E-state index in [1.807, 2.05) is 0 Å². The van der Waals surface area contributed by atoms with Crippen LogP contribution in [0.15, 0.2) is 30.3 Å². The normalized spacial score (nSPS) is 21.5. The summed E-state index contributed by atoms with van der Waals surface area (Å²) >= 11 is 0. The van der Waals surface area contributed by atoms with Gasteiger partial charge in [0.15, 0.2) is 0 Å². The van der Waals surface area contributed by atoms with E-state index in [1.165, 1.54) is 63.4 Å². The number of benzene rings is 1. The third-order valence-corrected chi connectivity index (χ3v) is 4.05. The van der Waals surface area contributed by atoms with Gasteiger partial charge in [-0.05, 0) is 12.0 Å². The van der Waals surface area contributed by atoms with E-state index in [0.29, 0.717) is 12.2 Å². The van der Waals surface area contributed by atoms with Gasteiger partial charge in [-0.3, -0.25) is 0 Å². The Morgan fingerprint density at radius 1 is 0.842 bits per heavy atom. The molecule has 1 nitrogen and oxygen atoms in total. The van der Waals surface area contributed by atoms with Gasteiger partial charge in [0.2, 0.25) is 0 Å². The first-order chi connectivity index (χ1) is 9.42. The molecule has 0 aromatic heterocycles. The first-order valence-electron chi connectivity index (χ1n) is 8.12. The van der Waals surface area contributed by atoms with E-state index in [4.69, 9.17) is 4.74 Å². The number of epoxide rings is 1. The van der Waals surface area contributed by atoms with Gasteiger partial charge in [0.05, 0.1) is 6.10 Å². The van der Waals surface area contributed by atoms with E-state index in [2.05, 4.69) is 37.3 Å². The molecule has 0 radical (unpaired) electrons. The van der Waals surface area contributed by atoms with Crippen LogP contribution in [0.1, 0.15) is 76.4 Å². The molecule has 0 spiro atoms. The van der Waals surface area contributed by atoms with Crippen LogP contribution in [0.25, 0.3) is 0 Å². The van der Waals surface area contributed by atoms with E-state index < -0.39 is 0 Å². The van der Waals surface area contributed by atoms with Crippen molar-refractivity contribution in [3.05, 3.63) is 35.9 Å². The Kier molecular flexibility index (Phi) is 6.43. The van der Waals surface area contributed by atoms with Gasteiger partial charge in [0, 0.05) is 0 Å². The maximum Gasteiger partial charge on any atom is 0.109 e. The van der Waals surface area contributed by atoms with Gasteiger partial charge in [0.1, 0.15) is 6.10 Å². The second kappa shape index (κ2) is 8.37. The Morgan fingerprint density at radius 2 is 1.47 bits per heavy atom. The average molecular weight is 260 g/mol. The predicted molar refractivity (Wildman–Crippen MR) is 81.3 cm³/mol. The lowest BCUT2D eigenvalue weighted by atomic mass is 10.0. The Hall–Kier alpha value is -0.820. The molecule has 0 unspecified atom stereocenters. The summed E-state index contributed by atoms with van der Waals surface area (Å²) in [6.07, 6.45) is 13.3. The van der Waals surface area contributed by atoms with Crippen LogP contribution < -0.4 is 0 Å². The predicted octanol–water partition coefficient (Wildman–Crippen LogP) is 5.66. The summed E-state index contributed by atoms with van der Waals surface area (Å²) in [7, 11) is 0. The molecule has 19 heavy (non-hydrogen) atoms. The molecule has 106 valence electrons. The molecule has 1 heteroatoms. The molecular formula is C18H28O. The molecule has 0 amide bonds. The molecule has 1 heterocycles. The molecule has 1 aliphatic rings. The first kappa shape index (κ1) is 14.6. The fourth-order valence-corrected chi connectivity index (χ4v) is 2.78. The maximum absolute atomic E-state index is 5.76. The number of ether oxygens (including phenoxy) is 1. The fourth-order valence-electron chi connectivity index (χ4n) is 2.78. The lowest BCUT2D eigenvalue weighted by molar-refractivity contribution is 0.360. The zero-order chi connectivity index (χ0) is 13.3. The topological polar surface area (TPSA) is 12.5 Å². The summed E-state index contributed by atoms with van der Waals surface area (Å²) in [5, 5.41) is 0. The monoisotopic (exact) mass is 260 g/mol. The second-order valence-electron chi connectivity index (χ2n) is 5.77. The summed E-state index contributed by atoms with van der Waals surface area (Å²) in [4.78, 5) is 0. The summed E-state index contributed by atoms with van der Waals surface area (Å²) in [6, 6.07) is 10.6. The smallest absolute Gasteiger partial charge is 0.109 e. The number of hydrogen-bond donors (Lipinski definition) is 0. The van der Waals surface area contributed by atoms with Gasteiger partial charge in [0.25, 0.3) is 0 Å². The van der Waals surface area contributed by atoms with Gasteiger partial charge >= 0.3 is 0 Å². The summed E-state index contributed by atoms with van der Waals surface area (Å²) < 4.78 is 5.76. The lowest BCUT2D eigenvalue weighted by Crippen LogP contribution is -1.89. The largest absolute Gasteiger partial charge is 0.365 e. The van der Waals surface area contributed by atoms with Crippen LogP contribution in [0, 0.1) is 0 Å². The highest BCUT2D eigenvalue weighted by atomic mass is 16.6. The molecule has 1 aromatic rings. The van der Waals surface area contributed by atoms with Crippen molar-refractivity contribution in [3.63, 3.8) is 0 Å². The maximum atomic E-state index is 5.76. The highest BCUT2D eigenvalue weighted by Gasteiger charge is 2.38. The van der Waals surface area contributed by atoms with Crippen molar-refractivity contribution in [2.24, 2.45) is 0 Å². The van der Waals surface area contributed by atoms with Gasteiger partial charge in [-0.15, -0.1) is 0 Å². The summed E-state index contributed by atoms with van der Waals surface area (Å²) in [6.45, 7) is 2.28. The van der Waals surface area contributed by atoms with Crippen molar-refractivity contribution in [2.45, 2.75) is 76.9 Å². The van der Waals surface area contributed by atoms with Crippen molar-refractivity contribution in [2.75, 3.05) is 0 Å². The van der Waals surface area contributed by atoms with Crippen LogP contribution in [0.4, 0.5) is 0 Å². The van der Waals surface area contributed by atoms with Gasteiger partial charge in [-0.2, -0.15) is 0 Å². The Bertz CT molecular complexity index is 333. The molecular weight excluding hydrogens is 232 g/mol. The lowest BCUT2D eigenvalue weighted by Gasteiger charge is -2.00. The van der Waals surface area contributed by atoms with E-state index in [9.17, 15) is 0 Å². The molecule has 0 saturated carbocycles. The zero-order valence-electron chi connectivity index (χ0n) is 12.3. The minimum absolute atomic E-state index is 0.394. The Labute approximate surface area is 118 Å². The number of unbranched alkanes of at least 4 members (excludes halogenated alkanes) is 7. The molecule has 1 aromatic carbocycles. The third-order valence-electron chi connectivity index (χ3n) is 4.05.